The molecule has 2 saturated heterocycles. The van der Waals surface area contributed by atoms with E-state index in [9.17, 15) is 14.4 Å². The van der Waals surface area contributed by atoms with E-state index in [4.69, 9.17) is 14.2 Å². The molecule has 2 heterocycles. The van der Waals surface area contributed by atoms with Crippen LogP contribution in [0.4, 0.5) is 9.59 Å². The molecule has 1 saturated carbocycles. The number of esters is 1. The van der Waals surface area contributed by atoms with Crippen LogP contribution in [-0.2, 0) is 19.0 Å². The van der Waals surface area contributed by atoms with Crippen LogP contribution >= 0.6 is 0 Å². The molecule has 1 unspecified atom stereocenters. The molecule has 2 bridgehead atoms. The molecule has 1 atom stereocenters. The van der Waals surface area contributed by atoms with Crippen LogP contribution in [0, 0.1) is 5.92 Å². The average Bonchev–Trinajstić information content (AvgIpc) is 2.40. The summed E-state index contributed by atoms with van der Waals surface area (Å²) in [6.45, 7) is 10.4. The first-order valence-electron chi connectivity index (χ1n) is 8.46. The molecule has 3 fully saturated rings. The normalized spacial score (nSPS) is 25.8. The van der Waals surface area contributed by atoms with Crippen LogP contribution in [0.25, 0.3) is 0 Å². The maximum atomic E-state index is 12.7. The summed E-state index contributed by atoms with van der Waals surface area (Å²) in [6, 6.07) is -1.08. The minimum Gasteiger partial charge on any atom is -0.467 e. The highest BCUT2D eigenvalue weighted by atomic mass is 16.6. The zero-order valence-corrected chi connectivity index (χ0v) is 16.0. The summed E-state index contributed by atoms with van der Waals surface area (Å²) in [7, 11) is 1.26. The van der Waals surface area contributed by atoms with Gasteiger partial charge >= 0.3 is 18.2 Å². The smallest absolute Gasteiger partial charge is 0.430 e. The van der Waals surface area contributed by atoms with Crippen molar-refractivity contribution in [1.29, 1.82) is 0 Å². The third-order valence-corrected chi connectivity index (χ3v) is 4.04. The van der Waals surface area contributed by atoms with Crippen molar-refractivity contribution in [3.63, 3.8) is 0 Å². The number of methoxy groups -OCH3 is 1. The van der Waals surface area contributed by atoms with Crippen molar-refractivity contribution in [2.24, 2.45) is 5.92 Å². The highest BCUT2D eigenvalue weighted by Crippen LogP contribution is 2.44. The number of carbonyl (C=O) groups is 3. The van der Waals surface area contributed by atoms with Gasteiger partial charge in [0.2, 0.25) is 0 Å². The van der Waals surface area contributed by atoms with Crippen molar-refractivity contribution in [3.05, 3.63) is 0 Å². The van der Waals surface area contributed by atoms with Crippen LogP contribution in [0.5, 0.6) is 0 Å². The van der Waals surface area contributed by atoms with Gasteiger partial charge in [-0.25, -0.2) is 19.4 Å². The van der Waals surface area contributed by atoms with Gasteiger partial charge in [-0.15, -0.1) is 0 Å². The Morgan fingerprint density at radius 3 is 1.68 bits per heavy atom. The first-order valence-corrected chi connectivity index (χ1v) is 8.46. The Balaban J connectivity index is 2.34. The van der Waals surface area contributed by atoms with E-state index in [2.05, 4.69) is 0 Å². The largest absolute Gasteiger partial charge is 0.467 e. The van der Waals surface area contributed by atoms with Gasteiger partial charge in [-0.1, -0.05) is 0 Å². The molecule has 0 radical (unpaired) electrons. The predicted molar refractivity (Wildman–Crippen MR) is 88.5 cm³/mol. The molecule has 1 aliphatic carbocycles. The van der Waals surface area contributed by atoms with E-state index < -0.39 is 35.4 Å². The molecule has 2 amide bonds. The van der Waals surface area contributed by atoms with Crippen LogP contribution < -0.4 is 0 Å². The summed E-state index contributed by atoms with van der Waals surface area (Å²) in [6.07, 6.45) is -0.185. The lowest BCUT2D eigenvalue weighted by Crippen LogP contribution is -2.72. The number of ether oxygens (including phenoxy) is 3. The number of amides is 2. The molecule has 0 N–H and O–H groups in total. The van der Waals surface area contributed by atoms with Gasteiger partial charge in [-0.2, -0.15) is 5.01 Å². The highest BCUT2D eigenvalue weighted by Gasteiger charge is 2.58. The van der Waals surface area contributed by atoms with Gasteiger partial charge in [0, 0.05) is 0 Å². The Hall–Kier alpha value is -1.99. The first kappa shape index (κ1) is 19.3. The number of carbonyl (C=O) groups excluding carboxylic acids is 3. The Morgan fingerprint density at radius 1 is 0.840 bits per heavy atom. The first-order chi connectivity index (χ1) is 11.3. The molecule has 3 rings (SSSR count). The second kappa shape index (κ2) is 6.38. The van der Waals surface area contributed by atoms with E-state index >= 15 is 0 Å². The third kappa shape index (κ3) is 4.16. The van der Waals surface area contributed by atoms with Gasteiger partial charge < -0.3 is 14.2 Å². The number of rotatable bonds is 1. The number of hydrazine groups is 1. The molecule has 2 aliphatic heterocycles. The lowest BCUT2D eigenvalue weighted by atomic mass is 9.72. The second-order valence-corrected chi connectivity index (χ2v) is 8.50. The molecule has 0 aromatic rings. The van der Waals surface area contributed by atoms with Crippen molar-refractivity contribution in [3.8, 4) is 0 Å². The number of nitrogens with zero attached hydrogens (tertiary/aromatic N) is 2. The van der Waals surface area contributed by atoms with Crippen molar-refractivity contribution in [1.82, 2.24) is 10.0 Å². The zero-order valence-electron chi connectivity index (χ0n) is 16.0. The second-order valence-electron chi connectivity index (χ2n) is 8.50. The van der Waals surface area contributed by atoms with E-state index in [0.717, 1.165) is 5.01 Å². The van der Waals surface area contributed by atoms with Crippen LogP contribution in [-0.4, -0.2) is 58.6 Å². The standard InChI is InChI=1S/C17H28N2O6/c1-16(2,3)24-14(21)18-11-8-10(9-11)12(13(20)23-7)19(18)15(22)25-17(4,5)6/h10-12H,8-9H2,1-7H3. The molecule has 142 valence electrons. The summed E-state index contributed by atoms with van der Waals surface area (Å²) >= 11 is 0. The van der Waals surface area contributed by atoms with Crippen molar-refractivity contribution >= 4 is 18.2 Å². The molecule has 3 aliphatic rings. The number of hydrogen-bond acceptors (Lipinski definition) is 6. The SMILES string of the molecule is COC(=O)C1C2CC(C2)N(C(=O)OC(C)(C)C)N1C(=O)OC(C)(C)C. The van der Waals surface area contributed by atoms with Gasteiger partial charge in [0.25, 0.3) is 0 Å². The summed E-state index contributed by atoms with van der Waals surface area (Å²) in [5.41, 5.74) is -1.49. The lowest BCUT2D eigenvalue weighted by Gasteiger charge is -2.56. The predicted octanol–water partition coefficient (Wildman–Crippen LogP) is 2.71. The fraction of sp³-hybridized carbons (Fsp3) is 0.824. The fourth-order valence-electron chi connectivity index (χ4n) is 3.07. The fourth-order valence-corrected chi connectivity index (χ4v) is 3.07. The van der Waals surface area contributed by atoms with Crippen LogP contribution in [0.3, 0.4) is 0 Å². The lowest BCUT2D eigenvalue weighted by molar-refractivity contribution is -0.194. The highest BCUT2D eigenvalue weighted by molar-refractivity contribution is 5.85. The molecule has 0 aromatic heterocycles. The molecular formula is C17H28N2O6. The summed E-state index contributed by atoms with van der Waals surface area (Å²) < 4.78 is 15.7. The van der Waals surface area contributed by atoms with Crippen LogP contribution in [0.1, 0.15) is 54.4 Å². The molecule has 0 spiro atoms. The Bertz CT molecular complexity index is 556. The Morgan fingerprint density at radius 2 is 1.28 bits per heavy atom. The molecule has 25 heavy (non-hydrogen) atoms. The van der Waals surface area contributed by atoms with Gasteiger partial charge in [0.15, 0.2) is 6.04 Å². The van der Waals surface area contributed by atoms with E-state index in [1.54, 1.807) is 41.5 Å². The topological polar surface area (TPSA) is 85.4 Å². The minimum atomic E-state index is -0.891. The third-order valence-electron chi connectivity index (χ3n) is 4.04. The van der Waals surface area contributed by atoms with Crippen molar-refractivity contribution < 1.29 is 28.6 Å². The van der Waals surface area contributed by atoms with Gasteiger partial charge in [0.1, 0.15) is 11.2 Å². The Labute approximate surface area is 148 Å². The maximum Gasteiger partial charge on any atom is 0.430 e. The van der Waals surface area contributed by atoms with Crippen molar-refractivity contribution in [2.45, 2.75) is 77.7 Å². The molecule has 0 aromatic carbocycles. The Kier molecular flexibility index (Phi) is 4.94. The minimum absolute atomic E-state index is 0.0522. The van der Waals surface area contributed by atoms with E-state index in [1.165, 1.54) is 12.1 Å². The van der Waals surface area contributed by atoms with E-state index in [1.807, 2.05) is 0 Å². The number of fused-ring (bicyclic) bond motifs is 2. The van der Waals surface area contributed by atoms with Gasteiger partial charge in [-0.05, 0) is 60.3 Å². The average molecular weight is 356 g/mol. The maximum absolute atomic E-state index is 12.7. The quantitative estimate of drug-likeness (QED) is 0.530. The number of hydrogen-bond donors (Lipinski definition) is 0. The summed E-state index contributed by atoms with van der Waals surface area (Å²) in [4.78, 5) is 37.7. The van der Waals surface area contributed by atoms with Crippen LogP contribution in [0.2, 0.25) is 0 Å². The molecular weight excluding hydrogens is 328 g/mol. The van der Waals surface area contributed by atoms with Gasteiger partial charge in [-0.3, -0.25) is 0 Å². The van der Waals surface area contributed by atoms with Crippen molar-refractivity contribution in [2.75, 3.05) is 7.11 Å². The van der Waals surface area contributed by atoms with E-state index in [0.29, 0.717) is 12.8 Å². The zero-order chi connectivity index (χ0) is 19.2. The van der Waals surface area contributed by atoms with E-state index in [-0.39, 0.29) is 12.0 Å². The van der Waals surface area contributed by atoms with Gasteiger partial charge in [0.05, 0.1) is 13.2 Å². The molecule has 8 heteroatoms. The van der Waals surface area contributed by atoms with Crippen LogP contribution in [0.15, 0.2) is 0 Å². The molecule has 8 nitrogen and oxygen atoms in total. The monoisotopic (exact) mass is 356 g/mol. The summed E-state index contributed by atoms with van der Waals surface area (Å²) in [5.74, 6) is -0.619. The summed E-state index contributed by atoms with van der Waals surface area (Å²) in [5, 5.41) is 2.30.